The summed E-state index contributed by atoms with van der Waals surface area (Å²) in [7, 11) is -3.59. The first-order valence-corrected chi connectivity index (χ1v) is 13.1. The Balaban J connectivity index is 1.45. The van der Waals surface area contributed by atoms with Crippen LogP contribution >= 0.6 is 0 Å². The van der Waals surface area contributed by atoms with E-state index in [0.29, 0.717) is 18.4 Å². The van der Waals surface area contributed by atoms with E-state index in [2.05, 4.69) is 34.9 Å². The number of carbonyl (C=O) groups is 1. The van der Waals surface area contributed by atoms with Crippen LogP contribution in [-0.2, 0) is 27.9 Å². The summed E-state index contributed by atoms with van der Waals surface area (Å²) in [4.78, 5) is 14.8. The Morgan fingerprint density at radius 1 is 1.00 bits per heavy atom. The molecule has 7 heteroatoms. The molecule has 2 aromatic rings. The zero-order valence-electron chi connectivity index (χ0n) is 19.5. The number of benzene rings is 2. The molecule has 1 aliphatic rings. The molecule has 0 radical (unpaired) electrons. The molecule has 2 N–H and O–H groups in total. The fourth-order valence-corrected chi connectivity index (χ4v) is 5.23. The second-order valence-electron chi connectivity index (χ2n) is 9.09. The number of likely N-dealkylation sites (tertiary alicyclic amines) is 1. The maximum absolute atomic E-state index is 12.3. The summed E-state index contributed by atoms with van der Waals surface area (Å²) in [6.45, 7) is 8.19. The number of piperidine rings is 1. The number of rotatable bonds is 10. The van der Waals surface area contributed by atoms with Gasteiger partial charge in [0.2, 0.25) is 15.9 Å². The minimum atomic E-state index is -3.59. The Morgan fingerprint density at radius 3 is 2.33 bits per heavy atom. The zero-order valence-corrected chi connectivity index (χ0v) is 20.4. The van der Waals surface area contributed by atoms with Crippen LogP contribution in [0.1, 0.15) is 43.4 Å². The van der Waals surface area contributed by atoms with Gasteiger partial charge in [-0.2, -0.15) is 0 Å². The topological polar surface area (TPSA) is 78.5 Å². The van der Waals surface area contributed by atoms with Gasteiger partial charge in [-0.05, 0) is 41.0 Å². The van der Waals surface area contributed by atoms with Crippen molar-refractivity contribution in [1.82, 2.24) is 14.9 Å². The van der Waals surface area contributed by atoms with Gasteiger partial charge in [-0.1, -0.05) is 68.4 Å². The van der Waals surface area contributed by atoms with Gasteiger partial charge in [0.1, 0.15) is 0 Å². The molecular formula is C26H35N3O3S. The Kier molecular flexibility index (Phi) is 9.23. The minimum absolute atomic E-state index is 0.0541. The molecule has 33 heavy (non-hydrogen) atoms. The Labute approximate surface area is 198 Å². The lowest BCUT2D eigenvalue weighted by Gasteiger charge is -2.35. The SMILES string of the molecule is CC1CC(C)CN(Cc2ccccc2CNC(=O)CCNS(=O)(=O)/C=C/c2ccccc2)C1. The highest BCUT2D eigenvalue weighted by molar-refractivity contribution is 7.92. The lowest BCUT2D eigenvalue weighted by molar-refractivity contribution is -0.121. The lowest BCUT2D eigenvalue weighted by Crippen LogP contribution is -2.38. The normalized spacial score (nSPS) is 19.6. The van der Waals surface area contributed by atoms with E-state index in [4.69, 9.17) is 0 Å². The fourth-order valence-electron chi connectivity index (χ4n) is 4.42. The van der Waals surface area contributed by atoms with Crippen molar-refractivity contribution in [2.24, 2.45) is 11.8 Å². The second-order valence-corrected chi connectivity index (χ2v) is 10.7. The third-order valence-electron chi connectivity index (χ3n) is 5.83. The van der Waals surface area contributed by atoms with Crippen LogP contribution in [0.25, 0.3) is 6.08 Å². The van der Waals surface area contributed by atoms with Crippen molar-refractivity contribution in [2.75, 3.05) is 19.6 Å². The molecule has 0 spiro atoms. The van der Waals surface area contributed by atoms with Gasteiger partial charge in [-0.25, -0.2) is 13.1 Å². The number of amides is 1. The standard InChI is InChI=1S/C26H35N3O3S/c1-21-16-22(2)19-29(18-21)20-25-11-7-6-10-24(25)17-27-26(30)12-14-28-33(31,32)15-13-23-8-4-3-5-9-23/h3-11,13,15,21-22,28H,12,14,16-20H2,1-2H3,(H,27,30)/b15-13+. The zero-order chi connectivity index (χ0) is 23.7. The van der Waals surface area contributed by atoms with E-state index in [9.17, 15) is 13.2 Å². The number of nitrogens with one attached hydrogen (secondary N) is 2. The van der Waals surface area contributed by atoms with Crippen molar-refractivity contribution in [1.29, 1.82) is 0 Å². The van der Waals surface area contributed by atoms with Gasteiger partial charge >= 0.3 is 0 Å². The molecule has 3 rings (SSSR count). The van der Waals surface area contributed by atoms with Crippen molar-refractivity contribution in [2.45, 2.75) is 39.8 Å². The maximum Gasteiger partial charge on any atom is 0.233 e. The predicted octanol–water partition coefficient (Wildman–Crippen LogP) is 3.76. The van der Waals surface area contributed by atoms with Crippen molar-refractivity contribution in [3.8, 4) is 0 Å². The third kappa shape index (κ3) is 8.76. The van der Waals surface area contributed by atoms with Gasteiger partial charge in [0.25, 0.3) is 0 Å². The first kappa shape index (κ1) is 25.1. The molecule has 2 unspecified atom stereocenters. The summed E-state index contributed by atoms with van der Waals surface area (Å²) in [5.41, 5.74) is 3.13. The van der Waals surface area contributed by atoms with E-state index >= 15 is 0 Å². The molecule has 178 valence electrons. The minimum Gasteiger partial charge on any atom is -0.352 e. The highest BCUT2D eigenvalue weighted by Crippen LogP contribution is 2.23. The van der Waals surface area contributed by atoms with Gasteiger partial charge in [-0.15, -0.1) is 0 Å². The monoisotopic (exact) mass is 469 g/mol. The second kappa shape index (κ2) is 12.1. The first-order chi connectivity index (χ1) is 15.8. The summed E-state index contributed by atoms with van der Waals surface area (Å²) < 4.78 is 26.7. The summed E-state index contributed by atoms with van der Waals surface area (Å²) in [5.74, 6) is 1.22. The van der Waals surface area contributed by atoms with E-state index < -0.39 is 10.0 Å². The van der Waals surface area contributed by atoms with Crippen LogP contribution in [0.2, 0.25) is 0 Å². The number of carbonyl (C=O) groups excluding carboxylic acids is 1. The van der Waals surface area contributed by atoms with Crippen LogP contribution < -0.4 is 10.0 Å². The van der Waals surface area contributed by atoms with Crippen LogP contribution in [0.15, 0.2) is 60.0 Å². The molecule has 1 saturated heterocycles. The number of hydrogen-bond donors (Lipinski definition) is 2. The van der Waals surface area contributed by atoms with Crippen molar-refractivity contribution in [3.63, 3.8) is 0 Å². The number of nitrogens with zero attached hydrogens (tertiary/aromatic N) is 1. The highest BCUT2D eigenvalue weighted by Gasteiger charge is 2.22. The molecule has 0 aliphatic carbocycles. The van der Waals surface area contributed by atoms with Crippen molar-refractivity contribution in [3.05, 3.63) is 76.7 Å². The number of hydrogen-bond acceptors (Lipinski definition) is 4. The Hall–Kier alpha value is -2.48. The summed E-state index contributed by atoms with van der Waals surface area (Å²) >= 11 is 0. The molecule has 1 amide bonds. The molecular weight excluding hydrogens is 434 g/mol. The van der Waals surface area contributed by atoms with Crippen LogP contribution in [0.4, 0.5) is 0 Å². The molecule has 2 aromatic carbocycles. The average molecular weight is 470 g/mol. The van der Waals surface area contributed by atoms with Gasteiger partial charge in [-0.3, -0.25) is 9.69 Å². The van der Waals surface area contributed by atoms with Crippen LogP contribution in [0.3, 0.4) is 0 Å². The molecule has 0 bridgehead atoms. The number of sulfonamides is 1. The molecule has 0 saturated carbocycles. The summed E-state index contributed by atoms with van der Waals surface area (Å²) in [5, 5.41) is 4.05. The van der Waals surface area contributed by atoms with Crippen molar-refractivity contribution >= 4 is 22.0 Å². The molecule has 6 nitrogen and oxygen atoms in total. The first-order valence-electron chi connectivity index (χ1n) is 11.6. The molecule has 1 heterocycles. The van der Waals surface area contributed by atoms with E-state index in [-0.39, 0.29) is 18.9 Å². The highest BCUT2D eigenvalue weighted by atomic mass is 32.2. The largest absolute Gasteiger partial charge is 0.352 e. The Bertz CT molecular complexity index is 1030. The summed E-state index contributed by atoms with van der Waals surface area (Å²) in [6, 6.07) is 17.4. The van der Waals surface area contributed by atoms with Crippen LogP contribution in [-0.4, -0.2) is 38.9 Å². The van der Waals surface area contributed by atoms with Gasteiger partial charge in [0.15, 0.2) is 0 Å². The van der Waals surface area contributed by atoms with Gasteiger partial charge in [0, 0.05) is 44.6 Å². The molecule has 1 aliphatic heterocycles. The fraction of sp³-hybridized carbons (Fsp3) is 0.423. The predicted molar refractivity (Wildman–Crippen MR) is 134 cm³/mol. The van der Waals surface area contributed by atoms with E-state index in [1.54, 1.807) is 0 Å². The lowest BCUT2D eigenvalue weighted by atomic mass is 9.91. The third-order valence-corrected chi connectivity index (χ3v) is 6.93. The van der Waals surface area contributed by atoms with Crippen LogP contribution in [0, 0.1) is 11.8 Å². The van der Waals surface area contributed by atoms with E-state index in [1.807, 2.05) is 48.5 Å². The maximum atomic E-state index is 12.3. The van der Waals surface area contributed by atoms with E-state index in [0.717, 1.165) is 36.2 Å². The van der Waals surface area contributed by atoms with Gasteiger partial charge < -0.3 is 5.32 Å². The van der Waals surface area contributed by atoms with E-state index in [1.165, 1.54) is 18.1 Å². The molecule has 0 aromatic heterocycles. The Morgan fingerprint density at radius 2 is 1.64 bits per heavy atom. The summed E-state index contributed by atoms with van der Waals surface area (Å²) in [6.07, 6.45) is 2.89. The molecule has 2 atom stereocenters. The quantitative estimate of drug-likeness (QED) is 0.555. The van der Waals surface area contributed by atoms with Crippen molar-refractivity contribution < 1.29 is 13.2 Å². The van der Waals surface area contributed by atoms with Crippen LogP contribution in [0.5, 0.6) is 0 Å². The van der Waals surface area contributed by atoms with Gasteiger partial charge in [0.05, 0.1) is 0 Å². The molecule has 1 fully saturated rings. The smallest absolute Gasteiger partial charge is 0.233 e. The average Bonchev–Trinajstić information content (AvgIpc) is 2.77.